The van der Waals surface area contributed by atoms with E-state index >= 15 is 0 Å². The second-order valence-corrected chi connectivity index (χ2v) is 6.00. The molecule has 0 bridgehead atoms. The van der Waals surface area contributed by atoms with E-state index in [1.54, 1.807) is 12.1 Å². The van der Waals surface area contributed by atoms with E-state index in [4.69, 9.17) is 4.74 Å². The number of nitro groups is 1. The van der Waals surface area contributed by atoms with E-state index in [9.17, 15) is 10.1 Å². The number of rotatable bonds is 2. The van der Waals surface area contributed by atoms with Gasteiger partial charge in [0.15, 0.2) is 0 Å². The Kier molecular flexibility index (Phi) is 3.37. The average molecular weight is 298 g/mol. The largest absolute Gasteiger partial charge is 0.358 e. The maximum absolute atomic E-state index is 10.9. The summed E-state index contributed by atoms with van der Waals surface area (Å²) in [5, 5.41) is 14.3. The molecular formula is C17H18N2O3. The zero-order valence-electron chi connectivity index (χ0n) is 12.8. The van der Waals surface area contributed by atoms with Gasteiger partial charge >= 0.3 is 0 Å². The normalized spacial score (nSPS) is 19.1. The first kappa shape index (κ1) is 14.5. The molecule has 5 heteroatoms. The highest BCUT2D eigenvalue weighted by atomic mass is 16.6. The fraction of sp³-hybridized carbons (Fsp3) is 0.294. The van der Waals surface area contributed by atoms with E-state index in [1.807, 2.05) is 45.0 Å². The Balaban J connectivity index is 2.03. The van der Waals surface area contributed by atoms with Crippen molar-refractivity contribution in [2.24, 2.45) is 0 Å². The lowest BCUT2D eigenvalue weighted by Gasteiger charge is -2.38. The summed E-state index contributed by atoms with van der Waals surface area (Å²) < 4.78 is 5.93. The number of nitrogens with zero attached hydrogens (tertiary/aromatic N) is 1. The number of hydrogen-bond acceptors (Lipinski definition) is 4. The molecule has 0 saturated heterocycles. The van der Waals surface area contributed by atoms with E-state index in [0.29, 0.717) is 0 Å². The molecule has 0 radical (unpaired) electrons. The quantitative estimate of drug-likeness (QED) is 0.655. The van der Waals surface area contributed by atoms with Crippen molar-refractivity contribution in [2.45, 2.75) is 32.6 Å². The molecule has 0 aliphatic carbocycles. The van der Waals surface area contributed by atoms with Gasteiger partial charge in [0.1, 0.15) is 5.72 Å². The number of hydrogen-bond donors (Lipinski definition) is 1. The second-order valence-electron chi connectivity index (χ2n) is 6.00. The average Bonchev–Trinajstić information content (AvgIpc) is 2.46. The number of fused-ring (bicyclic) bond motifs is 1. The summed E-state index contributed by atoms with van der Waals surface area (Å²) in [6, 6.07) is 12.7. The molecule has 5 nitrogen and oxygen atoms in total. The summed E-state index contributed by atoms with van der Waals surface area (Å²) in [5.41, 5.74) is 3.56. The Bertz CT molecular complexity index is 740. The number of anilines is 1. The van der Waals surface area contributed by atoms with Crippen LogP contribution in [0.3, 0.4) is 0 Å². The van der Waals surface area contributed by atoms with Crippen LogP contribution in [0.5, 0.6) is 0 Å². The highest BCUT2D eigenvalue weighted by Crippen LogP contribution is 2.38. The molecule has 1 aliphatic rings. The van der Waals surface area contributed by atoms with Gasteiger partial charge in [-0.15, -0.1) is 0 Å². The lowest BCUT2D eigenvalue weighted by Crippen LogP contribution is -2.39. The molecule has 0 fully saturated rings. The van der Waals surface area contributed by atoms with Gasteiger partial charge in [0.25, 0.3) is 5.69 Å². The molecule has 0 spiro atoms. The number of benzene rings is 2. The lowest BCUT2D eigenvalue weighted by molar-refractivity contribution is -0.384. The van der Waals surface area contributed by atoms with Crippen LogP contribution in [-0.4, -0.2) is 10.6 Å². The monoisotopic (exact) mass is 298 g/mol. The van der Waals surface area contributed by atoms with Crippen molar-refractivity contribution < 1.29 is 9.66 Å². The van der Waals surface area contributed by atoms with E-state index in [-0.39, 0.29) is 16.7 Å². The Labute approximate surface area is 129 Å². The van der Waals surface area contributed by atoms with Crippen LogP contribution in [0.2, 0.25) is 0 Å². The van der Waals surface area contributed by atoms with Gasteiger partial charge in [-0.3, -0.25) is 10.1 Å². The minimum absolute atomic E-state index is 0.0371. The fourth-order valence-electron chi connectivity index (χ4n) is 2.85. The third-order valence-corrected chi connectivity index (χ3v) is 3.79. The van der Waals surface area contributed by atoms with Gasteiger partial charge in [-0.25, -0.2) is 0 Å². The van der Waals surface area contributed by atoms with Crippen LogP contribution in [0.4, 0.5) is 11.4 Å². The van der Waals surface area contributed by atoms with Crippen LogP contribution in [0.15, 0.2) is 42.5 Å². The van der Waals surface area contributed by atoms with Crippen LogP contribution >= 0.6 is 0 Å². The van der Waals surface area contributed by atoms with Gasteiger partial charge in [0, 0.05) is 23.4 Å². The molecule has 1 N–H and O–H groups in total. The summed E-state index contributed by atoms with van der Waals surface area (Å²) in [4.78, 5) is 10.5. The van der Waals surface area contributed by atoms with Crippen LogP contribution in [0.25, 0.3) is 11.1 Å². The molecule has 22 heavy (non-hydrogen) atoms. The van der Waals surface area contributed by atoms with Crippen molar-refractivity contribution >= 4 is 11.4 Å². The Morgan fingerprint density at radius 1 is 1.18 bits per heavy atom. The van der Waals surface area contributed by atoms with Crippen LogP contribution in [0, 0.1) is 10.1 Å². The molecule has 1 heterocycles. The van der Waals surface area contributed by atoms with Gasteiger partial charge < -0.3 is 10.1 Å². The van der Waals surface area contributed by atoms with E-state index in [2.05, 4.69) is 5.32 Å². The molecule has 3 rings (SSSR count). The lowest BCUT2D eigenvalue weighted by atomic mass is 9.97. The zero-order chi connectivity index (χ0) is 15.9. The van der Waals surface area contributed by atoms with Gasteiger partial charge in [-0.2, -0.15) is 0 Å². The molecule has 0 amide bonds. The van der Waals surface area contributed by atoms with E-state index in [0.717, 1.165) is 22.4 Å². The summed E-state index contributed by atoms with van der Waals surface area (Å²) >= 11 is 0. The predicted molar refractivity (Wildman–Crippen MR) is 85.7 cm³/mol. The Morgan fingerprint density at radius 2 is 1.91 bits per heavy atom. The first-order valence-electron chi connectivity index (χ1n) is 7.20. The molecule has 114 valence electrons. The smallest absolute Gasteiger partial charge is 0.270 e. The zero-order valence-corrected chi connectivity index (χ0v) is 12.8. The van der Waals surface area contributed by atoms with Gasteiger partial charge in [0.05, 0.1) is 11.0 Å². The molecule has 1 atom stereocenters. The Morgan fingerprint density at radius 3 is 2.64 bits per heavy atom. The third-order valence-electron chi connectivity index (χ3n) is 3.79. The van der Waals surface area contributed by atoms with Crippen LogP contribution in [0.1, 0.15) is 32.4 Å². The highest BCUT2D eigenvalue weighted by molar-refractivity contribution is 5.71. The van der Waals surface area contributed by atoms with Crippen molar-refractivity contribution in [1.82, 2.24) is 0 Å². The Hall–Kier alpha value is -2.40. The van der Waals surface area contributed by atoms with Crippen molar-refractivity contribution in [3.8, 4) is 11.1 Å². The van der Waals surface area contributed by atoms with Gasteiger partial charge in [0.2, 0.25) is 0 Å². The summed E-state index contributed by atoms with van der Waals surface area (Å²) in [6.07, 6.45) is -0.0371. The maximum atomic E-state index is 10.9. The topological polar surface area (TPSA) is 64.4 Å². The van der Waals surface area contributed by atoms with Crippen molar-refractivity contribution in [1.29, 1.82) is 0 Å². The number of ether oxygens (including phenoxy) is 1. The number of nitro benzene ring substituents is 1. The summed E-state index contributed by atoms with van der Waals surface area (Å²) in [7, 11) is 0. The minimum atomic E-state index is -0.403. The fourth-order valence-corrected chi connectivity index (χ4v) is 2.85. The van der Waals surface area contributed by atoms with Crippen molar-refractivity contribution in [3.63, 3.8) is 0 Å². The first-order chi connectivity index (χ1) is 10.4. The summed E-state index contributed by atoms with van der Waals surface area (Å²) in [5.74, 6) is 0. The van der Waals surface area contributed by atoms with Gasteiger partial charge in [-0.05, 0) is 44.0 Å². The molecular weight excluding hydrogens is 280 g/mol. The highest BCUT2D eigenvalue weighted by Gasteiger charge is 2.29. The summed E-state index contributed by atoms with van der Waals surface area (Å²) in [6.45, 7) is 5.99. The number of nitrogens with one attached hydrogen (secondary N) is 1. The van der Waals surface area contributed by atoms with Gasteiger partial charge in [-0.1, -0.05) is 18.2 Å². The predicted octanol–water partition coefficient (Wildman–Crippen LogP) is 4.50. The maximum Gasteiger partial charge on any atom is 0.270 e. The molecule has 1 unspecified atom stereocenters. The second kappa shape index (κ2) is 5.10. The standard InChI is InChI=1S/C17H18N2O3/c1-11-15-10-13(7-8-16(15)18-17(2,3)22-11)12-5-4-6-14(9-12)19(20)21/h4-11,18H,1-3H3. The minimum Gasteiger partial charge on any atom is -0.358 e. The first-order valence-corrected chi connectivity index (χ1v) is 7.20. The van der Waals surface area contributed by atoms with E-state index in [1.165, 1.54) is 6.07 Å². The third kappa shape index (κ3) is 2.67. The molecule has 2 aromatic carbocycles. The van der Waals surface area contributed by atoms with Crippen LogP contribution in [-0.2, 0) is 4.74 Å². The molecule has 0 aromatic heterocycles. The van der Waals surface area contributed by atoms with Crippen molar-refractivity contribution in [3.05, 3.63) is 58.1 Å². The van der Waals surface area contributed by atoms with Crippen molar-refractivity contribution in [2.75, 3.05) is 5.32 Å². The van der Waals surface area contributed by atoms with Crippen LogP contribution < -0.4 is 5.32 Å². The SMILES string of the molecule is CC1OC(C)(C)Nc2ccc(-c3cccc([N+](=O)[O-])c3)cc21. The molecule has 1 aliphatic heterocycles. The molecule has 2 aromatic rings. The van der Waals surface area contributed by atoms with E-state index < -0.39 is 5.72 Å². The number of non-ortho nitro benzene ring substituents is 1. The molecule has 0 saturated carbocycles.